The average Bonchev–Trinajstić information content (AvgIpc) is 2.53. The summed E-state index contributed by atoms with van der Waals surface area (Å²) < 4.78 is 5.36. The highest BCUT2D eigenvalue weighted by Crippen LogP contribution is 2.33. The molecule has 3 heteroatoms. The van der Waals surface area contributed by atoms with Crippen LogP contribution in [0, 0.1) is 0 Å². The van der Waals surface area contributed by atoms with Crippen molar-refractivity contribution < 1.29 is 9.84 Å². The third-order valence-corrected chi connectivity index (χ3v) is 3.89. The van der Waals surface area contributed by atoms with Crippen LogP contribution in [0.2, 0.25) is 0 Å². The molecule has 2 aliphatic rings. The molecule has 3 nitrogen and oxygen atoms in total. The van der Waals surface area contributed by atoms with E-state index in [1.807, 2.05) is 6.26 Å². The first-order valence-corrected chi connectivity index (χ1v) is 6.50. The van der Waals surface area contributed by atoms with Crippen LogP contribution in [0.4, 0.5) is 0 Å². The third-order valence-electron chi connectivity index (χ3n) is 3.89. The molecule has 2 rings (SSSR count). The molecule has 0 aliphatic carbocycles. The molecule has 1 N–H and O–H groups in total. The molecule has 2 aliphatic heterocycles. The SMILES string of the molecule is CCN1CCCC(O)(C2=COCCC2)CC1. The molecule has 0 aromatic carbocycles. The van der Waals surface area contributed by atoms with Crippen molar-refractivity contribution in [3.05, 3.63) is 11.8 Å². The Bertz CT molecular complexity index is 265. The predicted molar refractivity (Wildman–Crippen MR) is 64.2 cm³/mol. The van der Waals surface area contributed by atoms with Crippen molar-refractivity contribution in [2.45, 2.75) is 44.6 Å². The Labute approximate surface area is 98.1 Å². The molecule has 0 spiro atoms. The van der Waals surface area contributed by atoms with Crippen molar-refractivity contribution in [1.29, 1.82) is 0 Å². The van der Waals surface area contributed by atoms with Crippen LogP contribution in [0.15, 0.2) is 11.8 Å². The van der Waals surface area contributed by atoms with Gasteiger partial charge in [0.15, 0.2) is 0 Å². The number of aliphatic hydroxyl groups is 1. The summed E-state index contributed by atoms with van der Waals surface area (Å²) in [5, 5.41) is 10.7. The molecule has 0 radical (unpaired) electrons. The van der Waals surface area contributed by atoms with Crippen molar-refractivity contribution in [2.75, 3.05) is 26.2 Å². The molecule has 0 saturated carbocycles. The van der Waals surface area contributed by atoms with E-state index in [-0.39, 0.29) is 0 Å². The molecule has 1 fully saturated rings. The fraction of sp³-hybridized carbons (Fsp3) is 0.846. The highest BCUT2D eigenvalue weighted by molar-refractivity contribution is 5.16. The largest absolute Gasteiger partial charge is 0.501 e. The molecule has 0 aromatic heterocycles. The lowest BCUT2D eigenvalue weighted by molar-refractivity contribution is 0.0481. The number of ether oxygens (including phenoxy) is 1. The van der Waals surface area contributed by atoms with Crippen LogP contribution in [0.25, 0.3) is 0 Å². The lowest BCUT2D eigenvalue weighted by Crippen LogP contribution is -2.34. The summed E-state index contributed by atoms with van der Waals surface area (Å²) in [5.74, 6) is 0. The predicted octanol–water partition coefficient (Wildman–Crippen LogP) is 1.92. The van der Waals surface area contributed by atoms with Gasteiger partial charge in [-0.1, -0.05) is 6.92 Å². The summed E-state index contributed by atoms with van der Waals surface area (Å²) in [7, 11) is 0. The Balaban J connectivity index is 2.03. The number of hydrogen-bond donors (Lipinski definition) is 1. The van der Waals surface area contributed by atoms with E-state index in [4.69, 9.17) is 4.74 Å². The Morgan fingerprint density at radius 1 is 1.38 bits per heavy atom. The van der Waals surface area contributed by atoms with Gasteiger partial charge in [-0.2, -0.15) is 0 Å². The molecule has 1 saturated heterocycles. The first-order chi connectivity index (χ1) is 7.74. The van der Waals surface area contributed by atoms with E-state index < -0.39 is 5.60 Å². The minimum absolute atomic E-state index is 0.593. The van der Waals surface area contributed by atoms with Gasteiger partial charge in [0.1, 0.15) is 0 Å². The number of nitrogens with zero attached hydrogens (tertiary/aromatic N) is 1. The Morgan fingerprint density at radius 2 is 2.25 bits per heavy atom. The zero-order valence-electron chi connectivity index (χ0n) is 10.2. The molecular formula is C13H23NO2. The van der Waals surface area contributed by atoms with E-state index >= 15 is 0 Å². The second-order valence-corrected chi connectivity index (χ2v) is 4.94. The van der Waals surface area contributed by atoms with Crippen molar-refractivity contribution in [2.24, 2.45) is 0 Å². The summed E-state index contributed by atoms with van der Waals surface area (Å²) in [6.45, 7) is 6.21. The van der Waals surface area contributed by atoms with Crippen LogP contribution in [0.1, 0.15) is 39.0 Å². The van der Waals surface area contributed by atoms with E-state index in [1.165, 1.54) is 0 Å². The molecule has 1 atom stereocenters. The maximum Gasteiger partial charge on any atom is 0.0901 e. The Hall–Kier alpha value is -0.540. The first kappa shape index (κ1) is 11.9. The standard InChI is InChI=1S/C13H23NO2/c1-2-14-8-4-6-13(15,7-9-14)12-5-3-10-16-11-12/h11,15H,2-10H2,1H3. The minimum atomic E-state index is -0.593. The van der Waals surface area contributed by atoms with E-state index in [0.29, 0.717) is 0 Å². The van der Waals surface area contributed by atoms with Gasteiger partial charge in [0.05, 0.1) is 18.5 Å². The van der Waals surface area contributed by atoms with Gasteiger partial charge < -0.3 is 14.7 Å². The van der Waals surface area contributed by atoms with Crippen molar-refractivity contribution in [1.82, 2.24) is 4.90 Å². The number of rotatable bonds is 2. The van der Waals surface area contributed by atoms with Crippen molar-refractivity contribution in [3.8, 4) is 0 Å². The Kier molecular flexibility index (Phi) is 3.87. The normalized spacial score (nSPS) is 32.8. The van der Waals surface area contributed by atoms with E-state index in [1.54, 1.807) is 0 Å². The van der Waals surface area contributed by atoms with E-state index in [0.717, 1.165) is 63.9 Å². The van der Waals surface area contributed by atoms with Crippen LogP contribution in [0.5, 0.6) is 0 Å². The fourth-order valence-electron chi connectivity index (χ4n) is 2.72. The smallest absolute Gasteiger partial charge is 0.0901 e. The summed E-state index contributed by atoms with van der Waals surface area (Å²) in [4.78, 5) is 2.42. The van der Waals surface area contributed by atoms with Crippen molar-refractivity contribution >= 4 is 0 Å². The van der Waals surface area contributed by atoms with Gasteiger partial charge in [0.2, 0.25) is 0 Å². The summed E-state index contributed by atoms with van der Waals surface area (Å²) in [5.41, 5.74) is 0.529. The van der Waals surface area contributed by atoms with Gasteiger partial charge in [-0.3, -0.25) is 0 Å². The van der Waals surface area contributed by atoms with Crippen LogP contribution in [0.3, 0.4) is 0 Å². The molecule has 0 bridgehead atoms. The maximum atomic E-state index is 10.7. The monoisotopic (exact) mass is 225 g/mol. The highest BCUT2D eigenvalue weighted by atomic mass is 16.5. The van der Waals surface area contributed by atoms with Gasteiger partial charge in [-0.05, 0) is 50.8 Å². The molecule has 2 heterocycles. The summed E-state index contributed by atoms with van der Waals surface area (Å²) in [6.07, 6.45) is 6.69. The van der Waals surface area contributed by atoms with Gasteiger partial charge in [-0.15, -0.1) is 0 Å². The second kappa shape index (κ2) is 5.19. The molecular weight excluding hydrogens is 202 g/mol. The Morgan fingerprint density at radius 3 is 2.94 bits per heavy atom. The number of hydrogen-bond acceptors (Lipinski definition) is 3. The summed E-state index contributed by atoms with van der Waals surface area (Å²) in [6, 6.07) is 0. The minimum Gasteiger partial charge on any atom is -0.501 e. The van der Waals surface area contributed by atoms with Crippen LogP contribution in [-0.4, -0.2) is 41.8 Å². The lowest BCUT2D eigenvalue weighted by Gasteiger charge is -2.31. The number of likely N-dealkylation sites (tertiary alicyclic amines) is 1. The van der Waals surface area contributed by atoms with Gasteiger partial charge in [-0.25, -0.2) is 0 Å². The zero-order valence-corrected chi connectivity index (χ0v) is 10.2. The maximum absolute atomic E-state index is 10.7. The zero-order chi connectivity index (χ0) is 11.4. The van der Waals surface area contributed by atoms with Crippen LogP contribution >= 0.6 is 0 Å². The lowest BCUT2D eigenvalue weighted by atomic mass is 9.84. The fourth-order valence-corrected chi connectivity index (χ4v) is 2.72. The average molecular weight is 225 g/mol. The molecule has 0 aromatic rings. The van der Waals surface area contributed by atoms with Crippen molar-refractivity contribution in [3.63, 3.8) is 0 Å². The summed E-state index contributed by atoms with van der Waals surface area (Å²) >= 11 is 0. The van der Waals surface area contributed by atoms with Crippen LogP contribution in [-0.2, 0) is 4.74 Å². The van der Waals surface area contributed by atoms with Crippen LogP contribution < -0.4 is 0 Å². The first-order valence-electron chi connectivity index (χ1n) is 6.50. The van der Waals surface area contributed by atoms with Gasteiger partial charge >= 0.3 is 0 Å². The highest BCUT2D eigenvalue weighted by Gasteiger charge is 2.34. The molecule has 16 heavy (non-hydrogen) atoms. The van der Waals surface area contributed by atoms with Gasteiger partial charge in [0, 0.05) is 6.54 Å². The quantitative estimate of drug-likeness (QED) is 0.779. The van der Waals surface area contributed by atoms with Gasteiger partial charge in [0.25, 0.3) is 0 Å². The van der Waals surface area contributed by atoms with E-state index in [9.17, 15) is 5.11 Å². The topological polar surface area (TPSA) is 32.7 Å². The molecule has 1 unspecified atom stereocenters. The second-order valence-electron chi connectivity index (χ2n) is 4.94. The van der Waals surface area contributed by atoms with E-state index in [2.05, 4.69) is 11.8 Å². The molecule has 92 valence electrons. The third kappa shape index (κ3) is 2.58. The molecule has 0 amide bonds.